The number of fused-ring (bicyclic) bond motifs is 1. The van der Waals surface area contributed by atoms with Crippen LogP contribution in [0.15, 0.2) is 58.7 Å². The molecule has 2 heterocycles. The number of unbranched alkanes of at least 4 members (excludes halogenated alkanes) is 1. The Morgan fingerprint density at radius 1 is 1.10 bits per heavy atom. The van der Waals surface area contributed by atoms with Crippen LogP contribution in [0, 0.1) is 25.2 Å². The first-order chi connectivity index (χ1) is 14.6. The van der Waals surface area contributed by atoms with Crippen LogP contribution in [0.2, 0.25) is 0 Å². The van der Waals surface area contributed by atoms with Gasteiger partial charge in [-0.1, -0.05) is 48.5 Å². The maximum absolute atomic E-state index is 13.6. The molecule has 2 aromatic carbocycles. The molecule has 0 bridgehead atoms. The van der Waals surface area contributed by atoms with Crippen molar-refractivity contribution in [2.75, 3.05) is 0 Å². The number of nitrogens with zero attached hydrogens (tertiary/aromatic N) is 3. The first-order valence-corrected chi connectivity index (χ1v) is 11.0. The third-order valence-electron chi connectivity index (χ3n) is 5.47. The van der Waals surface area contributed by atoms with Gasteiger partial charge in [0.1, 0.15) is 10.7 Å². The summed E-state index contributed by atoms with van der Waals surface area (Å²) < 4.78 is 1.77. The van der Waals surface area contributed by atoms with Crippen LogP contribution >= 0.6 is 11.3 Å². The second-order valence-corrected chi connectivity index (χ2v) is 8.40. The molecule has 0 saturated carbocycles. The molecule has 0 unspecified atom stereocenters. The summed E-state index contributed by atoms with van der Waals surface area (Å²) in [6.45, 7) is 4.67. The lowest BCUT2D eigenvalue weighted by Gasteiger charge is -2.13. The van der Waals surface area contributed by atoms with Crippen molar-refractivity contribution in [1.82, 2.24) is 9.55 Å². The van der Waals surface area contributed by atoms with Gasteiger partial charge in [-0.05, 0) is 42.5 Å². The molecule has 4 rings (SSSR count). The predicted octanol–water partition coefficient (Wildman–Crippen LogP) is 5.64. The number of hydrogen-bond acceptors (Lipinski definition) is 4. The molecule has 0 aliphatic heterocycles. The first-order valence-electron chi connectivity index (χ1n) is 10.1. The van der Waals surface area contributed by atoms with Crippen LogP contribution < -0.4 is 5.56 Å². The van der Waals surface area contributed by atoms with Crippen molar-refractivity contribution < 1.29 is 0 Å². The van der Waals surface area contributed by atoms with E-state index in [4.69, 9.17) is 10.2 Å². The van der Waals surface area contributed by atoms with E-state index in [1.807, 2.05) is 35.7 Å². The maximum atomic E-state index is 13.6. The summed E-state index contributed by atoms with van der Waals surface area (Å²) in [6, 6.07) is 18.5. The third-order valence-corrected chi connectivity index (χ3v) is 6.34. The molecule has 0 radical (unpaired) electrons. The van der Waals surface area contributed by atoms with Gasteiger partial charge in [0.2, 0.25) is 0 Å². The molecule has 4 nitrogen and oxygen atoms in total. The molecule has 0 saturated heterocycles. The highest BCUT2D eigenvalue weighted by atomic mass is 32.1. The summed E-state index contributed by atoms with van der Waals surface area (Å²) >= 11 is 1.52. The third kappa shape index (κ3) is 3.92. The Morgan fingerprint density at radius 2 is 1.90 bits per heavy atom. The second kappa shape index (κ2) is 8.64. The van der Waals surface area contributed by atoms with Gasteiger partial charge in [0.15, 0.2) is 0 Å². The maximum Gasteiger partial charge on any atom is 0.262 e. The Hall–Kier alpha value is -3.23. The molecule has 30 heavy (non-hydrogen) atoms. The summed E-state index contributed by atoms with van der Waals surface area (Å²) in [4.78, 5) is 19.3. The van der Waals surface area contributed by atoms with Crippen LogP contribution in [0.4, 0.5) is 0 Å². The van der Waals surface area contributed by atoms with Gasteiger partial charge < -0.3 is 0 Å². The molecule has 0 atom stereocenters. The van der Waals surface area contributed by atoms with E-state index in [2.05, 4.69) is 38.1 Å². The Kier molecular flexibility index (Phi) is 5.78. The van der Waals surface area contributed by atoms with Crippen LogP contribution in [-0.2, 0) is 13.0 Å². The highest BCUT2D eigenvalue weighted by molar-refractivity contribution is 7.17. The van der Waals surface area contributed by atoms with E-state index in [0.717, 1.165) is 27.3 Å². The molecule has 2 aromatic heterocycles. The molecule has 4 aromatic rings. The minimum atomic E-state index is -0.0154. The van der Waals surface area contributed by atoms with Gasteiger partial charge in [-0.3, -0.25) is 9.36 Å². The Bertz CT molecular complexity index is 1300. The van der Waals surface area contributed by atoms with Gasteiger partial charge >= 0.3 is 0 Å². The smallest absolute Gasteiger partial charge is 0.262 e. The molecule has 5 heteroatoms. The quantitative estimate of drug-likeness (QED) is 0.385. The van der Waals surface area contributed by atoms with E-state index < -0.39 is 0 Å². The Balaban J connectivity index is 1.86. The van der Waals surface area contributed by atoms with Gasteiger partial charge in [0.05, 0.1) is 11.5 Å². The average molecular weight is 414 g/mol. The minimum absolute atomic E-state index is 0.0154. The number of rotatable bonds is 6. The van der Waals surface area contributed by atoms with Crippen molar-refractivity contribution in [1.29, 1.82) is 5.26 Å². The van der Waals surface area contributed by atoms with Crippen molar-refractivity contribution in [2.24, 2.45) is 0 Å². The van der Waals surface area contributed by atoms with E-state index in [1.54, 1.807) is 4.57 Å². The monoisotopic (exact) mass is 413 g/mol. The second-order valence-electron chi connectivity index (χ2n) is 7.54. The standard InChI is InChI=1S/C25H23N3OS/c1-17-10-11-20(14-18(17)2)21-16-30-24-23(21)25(29)28(13-7-6-12-26)22(27-24)15-19-8-4-3-5-9-19/h3-5,8-11,14,16H,6-7,13,15H2,1-2H3. The summed E-state index contributed by atoms with van der Waals surface area (Å²) in [5, 5.41) is 11.7. The van der Waals surface area contributed by atoms with Gasteiger partial charge in [-0.15, -0.1) is 11.3 Å². The molecule has 0 aliphatic carbocycles. The highest BCUT2D eigenvalue weighted by Crippen LogP contribution is 2.32. The normalized spacial score (nSPS) is 11.0. The number of aromatic nitrogens is 2. The first kappa shape index (κ1) is 20.1. The van der Waals surface area contributed by atoms with Crippen LogP contribution in [0.1, 0.15) is 35.4 Å². The van der Waals surface area contributed by atoms with E-state index in [9.17, 15) is 4.79 Å². The van der Waals surface area contributed by atoms with Crippen LogP contribution in [0.3, 0.4) is 0 Å². The number of benzene rings is 2. The molecular weight excluding hydrogens is 390 g/mol. The van der Waals surface area contributed by atoms with Gasteiger partial charge in [-0.2, -0.15) is 5.26 Å². The SMILES string of the molecule is Cc1ccc(-c2csc3nc(Cc4ccccc4)n(CCCC#N)c(=O)c23)cc1C. The average Bonchev–Trinajstić information content (AvgIpc) is 3.17. The largest absolute Gasteiger partial charge is 0.296 e. The summed E-state index contributed by atoms with van der Waals surface area (Å²) in [6.07, 6.45) is 1.65. The van der Waals surface area contributed by atoms with Gasteiger partial charge in [-0.25, -0.2) is 4.98 Å². The molecule has 0 spiro atoms. The van der Waals surface area contributed by atoms with Crippen molar-refractivity contribution in [3.63, 3.8) is 0 Å². The minimum Gasteiger partial charge on any atom is -0.296 e. The number of hydrogen-bond donors (Lipinski definition) is 0. The molecule has 0 fully saturated rings. The van der Waals surface area contributed by atoms with Crippen molar-refractivity contribution in [3.05, 3.63) is 86.8 Å². The zero-order valence-corrected chi connectivity index (χ0v) is 18.0. The van der Waals surface area contributed by atoms with Crippen molar-refractivity contribution in [2.45, 2.75) is 39.7 Å². The van der Waals surface area contributed by atoms with Crippen molar-refractivity contribution >= 4 is 21.6 Å². The lowest BCUT2D eigenvalue weighted by molar-refractivity contribution is 0.598. The molecule has 150 valence electrons. The summed E-state index contributed by atoms with van der Waals surface area (Å²) in [5.41, 5.74) is 5.52. The molecule has 0 amide bonds. The molecular formula is C25H23N3OS. The van der Waals surface area contributed by atoms with Crippen LogP contribution in [0.5, 0.6) is 0 Å². The van der Waals surface area contributed by atoms with Crippen LogP contribution in [0.25, 0.3) is 21.3 Å². The van der Waals surface area contributed by atoms with Crippen LogP contribution in [-0.4, -0.2) is 9.55 Å². The zero-order chi connectivity index (χ0) is 21.1. The Morgan fingerprint density at radius 3 is 2.63 bits per heavy atom. The number of aryl methyl sites for hydroxylation is 2. The van der Waals surface area contributed by atoms with E-state index in [0.29, 0.717) is 31.2 Å². The zero-order valence-electron chi connectivity index (χ0n) is 17.2. The highest BCUT2D eigenvalue weighted by Gasteiger charge is 2.17. The van der Waals surface area contributed by atoms with Crippen molar-refractivity contribution in [3.8, 4) is 17.2 Å². The fourth-order valence-corrected chi connectivity index (χ4v) is 4.60. The lowest BCUT2D eigenvalue weighted by Crippen LogP contribution is -2.25. The number of thiophene rings is 1. The van der Waals surface area contributed by atoms with E-state index in [1.165, 1.54) is 22.5 Å². The fraction of sp³-hybridized carbons (Fsp3) is 0.240. The van der Waals surface area contributed by atoms with E-state index in [-0.39, 0.29) is 5.56 Å². The van der Waals surface area contributed by atoms with E-state index >= 15 is 0 Å². The number of nitriles is 1. The Labute approximate surface area is 180 Å². The lowest BCUT2D eigenvalue weighted by atomic mass is 10.0. The van der Waals surface area contributed by atoms with Gasteiger partial charge in [0, 0.05) is 30.3 Å². The van der Waals surface area contributed by atoms with Gasteiger partial charge in [0.25, 0.3) is 5.56 Å². The summed E-state index contributed by atoms with van der Waals surface area (Å²) in [5.74, 6) is 0.755. The summed E-state index contributed by atoms with van der Waals surface area (Å²) in [7, 11) is 0. The predicted molar refractivity (Wildman–Crippen MR) is 123 cm³/mol. The fourth-order valence-electron chi connectivity index (χ4n) is 3.65. The molecule has 0 aliphatic rings. The molecule has 0 N–H and O–H groups in total. The topological polar surface area (TPSA) is 58.7 Å².